The quantitative estimate of drug-likeness (QED) is 0.769. The summed E-state index contributed by atoms with van der Waals surface area (Å²) < 4.78 is 5.73. The molecule has 1 N–H and O–H groups in total. The zero-order valence-electron chi connectivity index (χ0n) is 10.6. The number of ether oxygens (including phenoxy) is 1. The lowest BCUT2D eigenvalue weighted by Gasteiger charge is -2.12. The molecule has 0 spiro atoms. The van der Waals surface area contributed by atoms with Gasteiger partial charge in [0, 0.05) is 6.54 Å². The lowest BCUT2D eigenvalue weighted by molar-refractivity contribution is 0.357. The largest absolute Gasteiger partial charge is 0.489 e. The van der Waals surface area contributed by atoms with E-state index in [2.05, 4.69) is 31.3 Å². The Kier molecular flexibility index (Phi) is 5.06. The summed E-state index contributed by atoms with van der Waals surface area (Å²) in [7, 11) is 1.96. The van der Waals surface area contributed by atoms with Crippen molar-refractivity contribution < 1.29 is 4.74 Å². The van der Waals surface area contributed by atoms with Gasteiger partial charge in [0.25, 0.3) is 0 Å². The molecule has 0 saturated heterocycles. The highest BCUT2D eigenvalue weighted by atomic mass is 16.5. The van der Waals surface area contributed by atoms with Gasteiger partial charge >= 0.3 is 0 Å². The van der Waals surface area contributed by atoms with E-state index < -0.39 is 0 Å². The van der Waals surface area contributed by atoms with E-state index in [1.54, 1.807) is 0 Å². The second-order valence-corrected chi connectivity index (χ2v) is 3.97. The minimum atomic E-state index is 0.642. The third kappa shape index (κ3) is 3.38. The first-order chi connectivity index (χ1) is 7.69. The van der Waals surface area contributed by atoms with Crippen LogP contribution in [0.25, 0.3) is 0 Å². The average molecular weight is 219 g/mol. The van der Waals surface area contributed by atoms with Crippen molar-refractivity contribution in [3.8, 4) is 5.75 Å². The smallest absolute Gasteiger partial charge is 0.125 e. The molecule has 0 radical (unpaired) electrons. The predicted molar refractivity (Wildman–Crippen MR) is 69.0 cm³/mol. The molecule has 1 aromatic carbocycles. The van der Waals surface area contributed by atoms with Gasteiger partial charge in [-0.3, -0.25) is 0 Å². The summed E-state index contributed by atoms with van der Waals surface area (Å²) in [6, 6.07) is 4.35. The molecule has 2 heteroatoms. The second-order valence-electron chi connectivity index (χ2n) is 3.97. The van der Waals surface area contributed by atoms with E-state index in [1.807, 2.05) is 26.1 Å². The maximum absolute atomic E-state index is 5.73. The molecule has 88 valence electrons. The van der Waals surface area contributed by atoms with Crippen molar-refractivity contribution in [3.63, 3.8) is 0 Å². The van der Waals surface area contributed by atoms with Crippen molar-refractivity contribution >= 4 is 0 Å². The van der Waals surface area contributed by atoms with Crippen LogP contribution in [0, 0.1) is 13.8 Å². The predicted octanol–water partition coefficient (Wildman–Crippen LogP) is 2.98. The fraction of sp³-hybridized carbons (Fsp3) is 0.429. The standard InChI is InChI=1S/C14H21NO/c1-5-6-7-16-14-11(2)8-13(10-15-4)9-12(14)3/h5-6,8-9,15H,7,10H2,1-4H3/b6-5+. The third-order valence-electron chi connectivity index (χ3n) is 2.46. The zero-order valence-corrected chi connectivity index (χ0v) is 10.6. The molecule has 0 saturated carbocycles. The molecular formula is C14H21NO. The number of aryl methyl sites for hydroxylation is 2. The van der Waals surface area contributed by atoms with E-state index in [1.165, 1.54) is 16.7 Å². The summed E-state index contributed by atoms with van der Waals surface area (Å²) >= 11 is 0. The maximum atomic E-state index is 5.73. The minimum absolute atomic E-state index is 0.642. The van der Waals surface area contributed by atoms with E-state index in [0.717, 1.165) is 12.3 Å². The van der Waals surface area contributed by atoms with Crippen LogP contribution in [0.1, 0.15) is 23.6 Å². The van der Waals surface area contributed by atoms with E-state index in [9.17, 15) is 0 Å². The van der Waals surface area contributed by atoms with Crippen LogP contribution in [0.15, 0.2) is 24.3 Å². The lowest BCUT2D eigenvalue weighted by Crippen LogP contribution is -2.06. The Morgan fingerprint density at radius 1 is 1.25 bits per heavy atom. The maximum Gasteiger partial charge on any atom is 0.125 e. The molecule has 0 bridgehead atoms. The Morgan fingerprint density at radius 2 is 1.88 bits per heavy atom. The number of benzene rings is 1. The summed E-state index contributed by atoms with van der Waals surface area (Å²) in [4.78, 5) is 0. The topological polar surface area (TPSA) is 21.3 Å². The SMILES string of the molecule is C/C=C/COc1c(C)cc(CNC)cc1C. The molecule has 0 heterocycles. The first-order valence-corrected chi connectivity index (χ1v) is 5.67. The van der Waals surface area contributed by atoms with Crippen molar-refractivity contribution in [1.82, 2.24) is 5.32 Å². The summed E-state index contributed by atoms with van der Waals surface area (Å²) in [6.45, 7) is 7.73. The minimum Gasteiger partial charge on any atom is -0.489 e. The van der Waals surface area contributed by atoms with Crippen LogP contribution >= 0.6 is 0 Å². The number of hydrogen-bond acceptors (Lipinski definition) is 2. The Balaban J connectivity index is 2.84. The molecule has 1 aromatic rings. The molecule has 0 aliphatic carbocycles. The lowest BCUT2D eigenvalue weighted by atomic mass is 10.1. The van der Waals surface area contributed by atoms with Crippen LogP contribution in [-0.2, 0) is 6.54 Å². The number of allylic oxidation sites excluding steroid dienone is 1. The average Bonchev–Trinajstić information content (AvgIpc) is 2.23. The summed E-state index contributed by atoms with van der Waals surface area (Å²) in [5.74, 6) is 1.01. The molecule has 0 amide bonds. The summed E-state index contributed by atoms with van der Waals surface area (Å²) in [6.07, 6.45) is 4.01. The van der Waals surface area contributed by atoms with Crippen molar-refractivity contribution in [2.24, 2.45) is 0 Å². The molecular weight excluding hydrogens is 198 g/mol. The van der Waals surface area contributed by atoms with E-state index in [0.29, 0.717) is 6.61 Å². The van der Waals surface area contributed by atoms with Crippen LogP contribution in [0.5, 0.6) is 5.75 Å². The summed E-state index contributed by atoms with van der Waals surface area (Å²) in [5.41, 5.74) is 3.71. The fourth-order valence-corrected chi connectivity index (χ4v) is 1.80. The van der Waals surface area contributed by atoms with Crippen molar-refractivity contribution in [1.29, 1.82) is 0 Å². The van der Waals surface area contributed by atoms with Crippen LogP contribution in [-0.4, -0.2) is 13.7 Å². The van der Waals surface area contributed by atoms with Crippen LogP contribution < -0.4 is 10.1 Å². The van der Waals surface area contributed by atoms with Gasteiger partial charge < -0.3 is 10.1 Å². The Labute approximate surface area is 98.3 Å². The number of nitrogens with one attached hydrogen (secondary N) is 1. The van der Waals surface area contributed by atoms with E-state index >= 15 is 0 Å². The molecule has 1 rings (SSSR count). The monoisotopic (exact) mass is 219 g/mol. The molecule has 16 heavy (non-hydrogen) atoms. The van der Waals surface area contributed by atoms with Crippen LogP contribution in [0.3, 0.4) is 0 Å². The van der Waals surface area contributed by atoms with Crippen molar-refractivity contribution in [2.75, 3.05) is 13.7 Å². The zero-order chi connectivity index (χ0) is 12.0. The van der Waals surface area contributed by atoms with Gasteiger partial charge in [0.15, 0.2) is 0 Å². The Hall–Kier alpha value is -1.28. The first kappa shape index (κ1) is 12.8. The van der Waals surface area contributed by atoms with Crippen LogP contribution in [0.2, 0.25) is 0 Å². The van der Waals surface area contributed by atoms with Gasteiger partial charge in [0.2, 0.25) is 0 Å². The van der Waals surface area contributed by atoms with Gasteiger partial charge in [-0.25, -0.2) is 0 Å². The molecule has 0 atom stereocenters. The Bertz CT molecular complexity index is 346. The van der Waals surface area contributed by atoms with Gasteiger partial charge in [0.1, 0.15) is 12.4 Å². The van der Waals surface area contributed by atoms with Gasteiger partial charge in [-0.15, -0.1) is 0 Å². The van der Waals surface area contributed by atoms with Gasteiger partial charge in [0.05, 0.1) is 0 Å². The second kappa shape index (κ2) is 6.33. The highest BCUT2D eigenvalue weighted by Gasteiger charge is 2.05. The first-order valence-electron chi connectivity index (χ1n) is 5.67. The summed E-state index contributed by atoms with van der Waals surface area (Å²) in [5, 5.41) is 3.16. The highest BCUT2D eigenvalue weighted by molar-refractivity contribution is 5.43. The van der Waals surface area contributed by atoms with Crippen molar-refractivity contribution in [2.45, 2.75) is 27.3 Å². The van der Waals surface area contributed by atoms with Gasteiger partial charge in [-0.05, 0) is 44.5 Å². The molecule has 0 aliphatic rings. The van der Waals surface area contributed by atoms with Crippen LogP contribution in [0.4, 0.5) is 0 Å². The third-order valence-corrected chi connectivity index (χ3v) is 2.46. The van der Waals surface area contributed by atoms with E-state index in [-0.39, 0.29) is 0 Å². The molecule has 0 unspecified atom stereocenters. The Morgan fingerprint density at radius 3 is 2.38 bits per heavy atom. The molecule has 0 aromatic heterocycles. The van der Waals surface area contributed by atoms with Crippen molar-refractivity contribution in [3.05, 3.63) is 41.0 Å². The molecule has 0 aliphatic heterocycles. The number of hydrogen-bond donors (Lipinski definition) is 1. The number of rotatable bonds is 5. The fourth-order valence-electron chi connectivity index (χ4n) is 1.80. The molecule has 2 nitrogen and oxygen atoms in total. The normalized spacial score (nSPS) is 11.0. The van der Waals surface area contributed by atoms with E-state index in [4.69, 9.17) is 4.74 Å². The van der Waals surface area contributed by atoms with Gasteiger partial charge in [-0.2, -0.15) is 0 Å². The highest BCUT2D eigenvalue weighted by Crippen LogP contribution is 2.24. The van der Waals surface area contributed by atoms with Gasteiger partial charge in [-0.1, -0.05) is 24.3 Å². The molecule has 0 fully saturated rings.